The maximum absolute atomic E-state index is 11.4. The molecule has 1 saturated heterocycles. The molecule has 0 radical (unpaired) electrons. The van der Waals surface area contributed by atoms with Crippen LogP contribution in [0.2, 0.25) is 0 Å². The van der Waals surface area contributed by atoms with Crippen molar-refractivity contribution in [3.05, 3.63) is 0 Å². The Morgan fingerprint density at radius 3 is 2.69 bits per heavy atom. The van der Waals surface area contributed by atoms with E-state index >= 15 is 0 Å². The third kappa shape index (κ3) is 3.35. The molecule has 0 aromatic heterocycles. The minimum absolute atomic E-state index is 0.0330. The van der Waals surface area contributed by atoms with Crippen LogP contribution in [-0.2, 0) is 9.53 Å². The molecular weight excluding hydrogens is 166 g/mol. The second kappa shape index (κ2) is 5.22. The first kappa shape index (κ1) is 10.5. The van der Waals surface area contributed by atoms with Gasteiger partial charge in [0.15, 0.2) is 0 Å². The average molecular weight is 185 g/mol. The molecule has 76 valence electrons. The molecule has 1 rings (SSSR count). The van der Waals surface area contributed by atoms with Gasteiger partial charge in [-0.2, -0.15) is 0 Å². The summed E-state index contributed by atoms with van der Waals surface area (Å²) in [6.45, 7) is 5.87. The molecule has 0 aromatic carbocycles. The van der Waals surface area contributed by atoms with Gasteiger partial charge in [-0.3, -0.25) is 4.79 Å². The summed E-state index contributed by atoms with van der Waals surface area (Å²) in [6.07, 6.45) is 2.94. The molecule has 1 unspecified atom stereocenters. The lowest BCUT2D eigenvalue weighted by Gasteiger charge is -2.23. The van der Waals surface area contributed by atoms with Crippen molar-refractivity contribution in [1.82, 2.24) is 5.32 Å². The highest BCUT2D eigenvalue weighted by molar-refractivity contribution is 5.72. The van der Waals surface area contributed by atoms with Crippen LogP contribution in [0.3, 0.4) is 0 Å². The highest BCUT2D eigenvalue weighted by atomic mass is 16.5. The van der Waals surface area contributed by atoms with E-state index in [-0.39, 0.29) is 18.0 Å². The molecule has 0 aromatic rings. The van der Waals surface area contributed by atoms with E-state index < -0.39 is 0 Å². The second-order valence-electron chi connectivity index (χ2n) is 3.70. The molecule has 13 heavy (non-hydrogen) atoms. The molecule has 3 nitrogen and oxygen atoms in total. The molecule has 1 fully saturated rings. The third-order valence-electron chi connectivity index (χ3n) is 2.58. The molecular formula is C10H19NO2. The van der Waals surface area contributed by atoms with Gasteiger partial charge in [0.05, 0.1) is 5.92 Å². The number of carbonyl (C=O) groups excluding carboxylic acids is 1. The Morgan fingerprint density at radius 1 is 1.54 bits per heavy atom. The number of carbonyl (C=O) groups is 1. The summed E-state index contributed by atoms with van der Waals surface area (Å²) in [4.78, 5) is 11.4. The first-order valence-electron chi connectivity index (χ1n) is 5.15. The van der Waals surface area contributed by atoms with Crippen molar-refractivity contribution < 1.29 is 9.53 Å². The van der Waals surface area contributed by atoms with Crippen LogP contribution in [0.15, 0.2) is 0 Å². The van der Waals surface area contributed by atoms with Crippen molar-refractivity contribution in [1.29, 1.82) is 0 Å². The number of hydrogen-bond acceptors (Lipinski definition) is 3. The summed E-state index contributed by atoms with van der Waals surface area (Å²) in [5.41, 5.74) is 0. The van der Waals surface area contributed by atoms with Crippen LogP contribution in [0.4, 0.5) is 0 Å². The predicted molar refractivity (Wildman–Crippen MR) is 51.4 cm³/mol. The maximum Gasteiger partial charge on any atom is 0.308 e. The number of ether oxygens (including phenoxy) is 1. The Hall–Kier alpha value is -0.570. The van der Waals surface area contributed by atoms with Gasteiger partial charge in [-0.15, -0.1) is 0 Å². The Labute approximate surface area is 79.8 Å². The SMILES string of the molecule is CCC(C)C(=O)OC1CCNCC1. The monoisotopic (exact) mass is 185 g/mol. The fourth-order valence-corrected chi connectivity index (χ4v) is 1.36. The van der Waals surface area contributed by atoms with E-state index in [0.29, 0.717) is 0 Å². The van der Waals surface area contributed by atoms with Crippen molar-refractivity contribution in [2.75, 3.05) is 13.1 Å². The predicted octanol–water partition coefficient (Wildman–Crippen LogP) is 1.33. The minimum atomic E-state index is -0.0330. The van der Waals surface area contributed by atoms with Crippen LogP contribution in [0.25, 0.3) is 0 Å². The Kier molecular flexibility index (Phi) is 4.22. The highest BCUT2D eigenvalue weighted by Gasteiger charge is 2.20. The van der Waals surface area contributed by atoms with Crippen LogP contribution in [0, 0.1) is 5.92 Å². The van der Waals surface area contributed by atoms with Crippen LogP contribution in [-0.4, -0.2) is 25.2 Å². The normalized spacial score (nSPS) is 21.1. The summed E-state index contributed by atoms with van der Waals surface area (Å²) in [7, 11) is 0. The van der Waals surface area contributed by atoms with Gasteiger partial charge in [-0.05, 0) is 32.4 Å². The zero-order valence-corrected chi connectivity index (χ0v) is 8.51. The van der Waals surface area contributed by atoms with Crippen LogP contribution >= 0.6 is 0 Å². The van der Waals surface area contributed by atoms with Gasteiger partial charge in [0.25, 0.3) is 0 Å². The number of piperidine rings is 1. The third-order valence-corrected chi connectivity index (χ3v) is 2.58. The molecule has 0 bridgehead atoms. The fourth-order valence-electron chi connectivity index (χ4n) is 1.36. The smallest absolute Gasteiger partial charge is 0.308 e. The average Bonchev–Trinajstić information content (AvgIpc) is 2.18. The van der Waals surface area contributed by atoms with E-state index in [2.05, 4.69) is 5.32 Å². The molecule has 3 heteroatoms. The molecule has 1 aliphatic heterocycles. The summed E-state index contributed by atoms with van der Waals surface area (Å²) >= 11 is 0. The maximum atomic E-state index is 11.4. The lowest BCUT2D eigenvalue weighted by Crippen LogP contribution is -2.34. The number of esters is 1. The standard InChI is InChI=1S/C10H19NO2/c1-3-8(2)10(12)13-9-4-6-11-7-5-9/h8-9,11H,3-7H2,1-2H3. The number of rotatable bonds is 3. The quantitative estimate of drug-likeness (QED) is 0.674. The molecule has 1 aliphatic rings. The molecule has 1 atom stereocenters. The Balaban J connectivity index is 2.26. The van der Waals surface area contributed by atoms with Gasteiger partial charge in [0, 0.05) is 0 Å². The largest absolute Gasteiger partial charge is 0.462 e. The summed E-state index contributed by atoms with van der Waals surface area (Å²) in [6, 6.07) is 0. The van der Waals surface area contributed by atoms with Crippen molar-refractivity contribution in [3.63, 3.8) is 0 Å². The first-order chi connectivity index (χ1) is 6.24. The van der Waals surface area contributed by atoms with Crippen molar-refractivity contribution in [3.8, 4) is 0 Å². The number of hydrogen-bond donors (Lipinski definition) is 1. The first-order valence-corrected chi connectivity index (χ1v) is 5.15. The Morgan fingerprint density at radius 2 is 2.15 bits per heavy atom. The lowest BCUT2D eigenvalue weighted by molar-refractivity contribution is -0.154. The lowest BCUT2D eigenvalue weighted by atomic mass is 10.1. The zero-order chi connectivity index (χ0) is 9.68. The van der Waals surface area contributed by atoms with Gasteiger partial charge in [0.2, 0.25) is 0 Å². The molecule has 0 spiro atoms. The summed E-state index contributed by atoms with van der Waals surface area (Å²) in [5, 5.41) is 3.24. The highest BCUT2D eigenvalue weighted by Crippen LogP contribution is 2.11. The van der Waals surface area contributed by atoms with E-state index in [1.165, 1.54) is 0 Å². The van der Waals surface area contributed by atoms with Gasteiger partial charge in [-0.25, -0.2) is 0 Å². The van der Waals surface area contributed by atoms with Crippen LogP contribution in [0.1, 0.15) is 33.1 Å². The minimum Gasteiger partial charge on any atom is -0.462 e. The van der Waals surface area contributed by atoms with Gasteiger partial charge >= 0.3 is 5.97 Å². The van der Waals surface area contributed by atoms with Crippen LogP contribution < -0.4 is 5.32 Å². The molecule has 0 aliphatic carbocycles. The van der Waals surface area contributed by atoms with E-state index in [1.807, 2.05) is 13.8 Å². The Bertz CT molecular complexity index is 164. The molecule has 0 amide bonds. The molecule has 0 saturated carbocycles. The van der Waals surface area contributed by atoms with E-state index in [9.17, 15) is 4.79 Å². The zero-order valence-electron chi connectivity index (χ0n) is 8.51. The fraction of sp³-hybridized carbons (Fsp3) is 0.900. The van der Waals surface area contributed by atoms with Crippen molar-refractivity contribution in [2.24, 2.45) is 5.92 Å². The van der Waals surface area contributed by atoms with Gasteiger partial charge < -0.3 is 10.1 Å². The molecule has 1 heterocycles. The van der Waals surface area contributed by atoms with Crippen LogP contribution in [0.5, 0.6) is 0 Å². The van der Waals surface area contributed by atoms with Gasteiger partial charge in [0.1, 0.15) is 6.10 Å². The molecule has 1 N–H and O–H groups in total. The van der Waals surface area contributed by atoms with E-state index in [4.69, 9.17) is 4.74 Å². The van der Waals surface area contributed by atoms with E-state index in [0.717, 1.165) is 32.4 Å². The summed E-state index contributed by atoms with van der Waals surface area (Å²) < 4.78 is 5.37. The topological polar surface area (TPSA) is 38.3 Å². The van der Waals surface area contributed by atoms with Crippen molar-refractivity contribution in [2.45, 2.75) is 39.2 Å². The van der Waals surface area contributed by atoms with E-state index in [1.54, 1.807) is 0 Å². The number of nitrogens with one attached hydrogen (secondary N) is 1. The second-order valence-corrected chi connectivity index (χ2v) is 3.70. The summed E-state index contributed by atoms with van der Waals surface area (Å²) in [5.74, 6) is 0.0179. The van der Waals surface area contributed by atoms with Gasteiger partial charge in [-0.1, -0.05) is 13.8 Å². The van der Waals surface area contributed by atoms with Crippen molar-refractivity contribution >= 4 is 5.97 Å².